The number of fused-ring (bicyclic) bond motifs is 1. The molecule has 0 saturated heterocycles. The molecule has 0 fully saturated rings. The van der Waals surface area contributed by atoms with E-state index in [1.54, 1.807) is 12.1 Å². The van der Waals surface area contributed by atoms with Crippen LogP contribution in [0.25, 0.3) is 17.2 Å². The van der Waals surface area contributed by atoms with Crippen molar-refractivity contribution in [2.45, 2.75) is 6.92 Å². The van der Waals surface area contributed by atoms with Gasteiger partial charge in [-0.1, -0.05) is 4.98 Å². The van der Waals surface area contributed by atoms with Gasteiger partial charge in [-0.15, -0.1) is 15.3 Å². The van der Waals surface area contributed by atoms with Crippen LogP contribution in [0, 0.1) is 10.1 Å². The van der Waals surface area contributed by atoms with E-state index in [1.807, 2.05) is 0 Å². The van der Waals surface area contributed by atoms with Crippen LogP contribution in [0.1, 0.15) is 6.92 Å². The molecular formula is C13H15N9O3. The Morgan fingerprint density at radius 1 is 1.32 bits per heavy atom. The van der Waals surface area contributed by atoms with E-state index in [9.17, 15) is 14.9 Å². The number of hydrogen-bond acceptors (Lipinski definition) is 8. The molecule has 3 heterocycles. The first kappa shape index (κ1) is 16.3. The molecule has 3 aromatic rings. The lowest BCUT2D eigenvalue weighted by molar-refractivity contribution is -0.396. The Bertz CT molecular complexity index is 946. The van der Waals surface area contributed by atoms with Gasteiger partial charge in [-0.05, 0) is 17.1 Å². The van der Waals surface area contributed by atoms with Gasteiger partial charge in [-0.25, -0.2) is 4.57 Å². The van der Waals surface area contributed by atoms with Gasteiger partial charge in [-0.2, -0.15) is 4.52 Å². The summed E-state index contributed by atoms with van der Waals surface area (Å²) in [6.45, 7) is 2.39. The number of rotatable bonds is 6. The van der Waals surface area contributed by atoms with Crippen LogP contribution in [-0.2, 0) is 11.8 Å². The summed E-state index contributed by atoms with van der Waals surface area (Å²) in [5.74, 6) is 0.486. The number of nitrogens with zero attached hydrogens (tertiary/aromatic N) is 7. The lowest BCUT2D eigenvalue weighted by Crippen LogP contribution is -2.26. The summed E-state index contributed by atoms with van der Waals surface area (Å²) in [6, 6.07) is 3.45. The molecule has 12 nitrogen and oxygen atoms in total. The highest BCUT2D eigenvalue weighted by Gasteiger charge is 2.23. The van der Waals surface area contributed by atoms with Crippen molar-refractivity contribution in [3.63, 3.8) is 0 Å². The lowest BCUT2D eigenvalue weighted by Gasteiger charge is -2.06. The number of imidazole rings is 1. The highest BCUT2D eigenvalue weighted by molar-refractivity contribution is 5.72. The summed E-state index contributed by atoms with van der Waals surface area (Å²) in [5.41, 5.74) is 0.911. The van der Waals surface area contributed by atoms with E-state index in [0.29, 0.717) is 36.1 Å². The highest BCUT2D eigenvalue weighted by Crippen LogP contribution is 2.21. The van der Waals surface area contributed by atoms with Crippen molar-refractivity contribution >= 4 is 23.3 Å². The molecule has 12 heteroatoms. The quantitative estimate of drug-likeness (QED) is 0.360. The van der Waals surface area contributed by atoms with Gasteiger partial charge in [0.05, 0.1) is 7.05 Å². The van der Waals surface area contributed by atoms with Crippen molar-refractivity contribution in [2.24, 2.45) is 7.05 Å². The van der Waals surface area contributed by atoms with Crippen LogP contribution in [0.3, 0.4) is 0 Å². The predicted octanol–water partition coefficient (Wildman–Crippen LogP) is -0.0190. The average molecular weight is 345 g/mol. The molecule has 0 radical (unpaired) electrons. The van der Waals surface area contributed by atoms with Crippen molar-refractivity contribution < 1.29 is 9.72 Å². The summed E-state index contributed by atoms with van der Waals surface area (Å²) in [5, 5.41) is 29.1. The fourth-order valence-corrected chi connectivity index (χ4v) is 2.25. The highest BCUT2D eigenvalue weighted by atomic mass is 16.6. The first-order valence-electron chi connectivity index (χ1n) is 7.34. The largest absolute Gasteiger partial charge is 0.434 e. The van der Waals surface area contributed by atoms with E-state index in [2.05, 4.69) is 30.9 Å². The molecule has 25 heavy (non-hydrogen) atoms. The molecule has 0 unspecified atom stereocenters. The van der Waals surface area contributed by atoms with Crippen molar-refractivity contribution in [1.29, 1.82) is 0 Å². The standard InChI is InChI=1S/C13H15N9O3/c1-8(23)14-5-6-15-10-3-4-11-17-18-12(21(11)19-10)9-7-16-13(20(9)2)22(24)25/h3-4,7H,5-6H2,1-2H3,(H,14,23)(H,15,19). The fraction of sp³-hybridized carbons (Fsp3) is 0.308. The summed E-state index contributed by atoms with van der Waals surface area (Å²) < 4.78 is 2.79. The maximum Gasteiger partial charge on any atom is 0.434 e. The summed E-state index contributed by atoms with van der Waals surface area (Å²) in [4.78, 5) is 25.0. The molecule has 0 aliphatic rings. The van der Waals surface area contributed by atoms with E-state index in [1.165, 1.54) is 29.3 Å². The molecule has 2 N–H and O–H groups in total. The maximum absolute atomic E-state index is 10.9. The zero-order valence-corrected chi connectivity index (χ0v) is 13.5. The van der Waals surface area contributed by atoms with Crippen molar-refractivity contribution in [2.75, 3.05) is 18.4 Å². The van der Waals surface area contributed by atoms with Gasteiger partial charge >= 0.3 is 5.95 Å². The van der Waals surface area contributed by atoms with Gasteiger partial charge in [0.2, 0.25) is 11.7 Å². The minimum Gasteiger partial charge on any atom is -0.390 e. The van der Waals surface area contributed by atoms with Gasteiger partial charge in [0, 0.05) is 20.0 Å². The normalized spacial score (nSPS) is 10.8. The van der Waals surface area contributed by atoms with Crippen molar-refractivity contribution in [3.8, 4) is 11.5 Å². The van der Waals surface area contributed by atoms with Gasteiger partial charge in [0.25, 0.3) is 0 Å². The Kier molecular flexibility index (Phi) is 4.24. The molecule has 1 amide bonds. The zero-order chi connectivity index (χ0) is 18.0. The van der Waals surface area contributed by atoms with Crippen LogP contribution in [0.5, 0.6) is 0 Å². The Hall–Kier alpha value is -3.57. The lowest BCUT2D eigenvalue weighted by atomic mass is 10.4. The van der Waals surface area contributed by atoms with Crippen molar-refractivity contribution in [3.05, 3.63) is 28.4 Å². The van der Waals surface area contributed by atoms with E-state index in [0.717, 1.165) is 0 Å². The molecule has 0 bridgehead atoms. The molecule has 3 rings (SSSR count). The average Bonchev–Trinajstić information content (AvgIpc) is 3.14. The third-order valence-electron chi connectivity index (χ3n) is 3.42. The first-order chi connectivity index (χ1) is 12.0. The molecular weight excluding hydrogens is 330 g/mol. The Balaban J connectivity index is 1.88. The van der Waals surface area contributed by atoms with Crippen LogP contribution in [0.4, 0.5) is 11.8 Å². The number of hydrogen-bond donors (Lipinski definition) is 2. The van der Waals surface area contributed by atoms with Crippen molar-refractivity contribution in [1.82, 2.24) is 34.7 Å². The first-order valence-corrected chi connectivity index (χ1v) is 7.34. The summed E-state index contributed by atoms with van der Waals surface area (Å²) in [6.07, 6.45) is 1.35. The second-order valence-corrected chi connectivity index (χ2v) is 5.18. The van der Waals surface area contributed by atoms with E-state index < -0.39 is 4.92 Å². The monoisotopic (exact) mass is 345 g/mol. The Labute approximate surface area is 141 Å². The van der Waals surface area contributed by atoms with Gasteiger partial charge in [0.1, 0.15) is 12.0 Å². The van der Waals surface area contributed by atoms with Crippen LogP contribution in [0.15, 0.2) is 18.3 Å². The van der Waals surface area contributed by atoms with Crippen LogP contribution in [-0.4, -0.2) is 53.3 Å². The van der Waals surface area contributed by atoms with Crippen LogP contribution >= 0.6 is 0 Å². The number of amides is 1. The third kappa shape index (κ3) is 3.22. The van der Waals surface area contributed by atoms with Crippen LogP contribution in [0.2, 0.25) is 0 Å². The molecule has 3 aromatic heterocycles. The number of nitro groups is 1. The van der Waals surface area contributed by atoms with Gasteiger partial charge in [0.15, 0.2) is 11.3 Å². The SMILES string of the molecule is CC(=O)NCCNc1ccc2nnc(-c3cnc([N+](=O)[O-])n3C)n2n1. The molecule has 130 valence electrons. The maximum atomic E-state index is 10.9. The molecule has 0 aromatic carbocycles. The van der Waals surface area contributed by atoms with Gasteiger partial charge < -0.3 is 20.7 Å². The van der Waals surface area contributed by atoms with E-state index in [4.69, 9.17) is 0 Å². The topological polar surface area (TPSA) is 145 Å². The van der Waals surface area contributed by atoms with E-state index in [-0.39, 0.29) is 11.9 Å². The number of carbonyl (C=O) groups is 1. The minimum atomic E-state index is -0.574. The minimum absolute atomic E-state index is 0.107. The van der Waals surface area contributed by atoms with Gasteiger partial charge in [-0.3, -0.25) is 4.79 Å². The molecule has 0 spiro atoms. The molecule has 0 saturated carbocycles. The second kappa shape index (κ2) is 6.51. The molecule has 0 aliphatic heterocycles. The third-order valence-corrected chi connectivity index (χ3v) is 3.42. The number of anilines is 1. The Morgan fingerprint density at radius 3 is 2.80 bits per heavy atom. The number of carbonyl (C=O) groups excluding carboxylic acids is 1. The summed E-state index contributed by atoms with van der Waals surface area (Å²) >= 11 is 0. The zero-order valence-electron chi connectivity index (χ0n) is 13.5. The Morgan fingerprint density at radius 2 is 2.12 bits per heavy atom. The molecule has 0 aliphatic carbocycles. The molecule has 0 atom stereocenters. The number of nitrogens with one attached hydrogen (secondary N) is 2. The van der Waals surface area contributed by atoms with Crippen LogP contribution < -0.4 is 10.6 Å². The fourth-order valence-electron chi connectivity index (χ4n) is 2.25. The summed E-state index contributed by atoms with van der Waals surface area (Å²) in [7, 11) is 1.52. The number of aromatic nitrogens is 6. The predicted molar refractivity (Wildman–Crippen MR) is 86.8 cm³/mol. The van der Waals surface area contributed by atoms with E-state index >= 15 is 0 Å². The second-order valence-electron chi connectivity index (χ2n) is 5.18. The smallest absolute Gasteiger partial charge is 0.390 e.